The third kappa shape index (κ3) is 3.14. The lowest BCUT2D eigenvalue weighted by Gasteiger charge is -2.50. The lowest BCUT2D eigenvalue weighted by atomic mass is 9.85. The smallest absolute Gasteiger partial charge is 0.246 e. The summed E-state index contributed by atoms with van der Waals surface area (Å²) in [6.45, 7) is 5.95. The Labute approximate surface area is 190 Å². The van der Waals surface area contributed by atoms with Gasteiger partial charge in [-0.05, 0) is 50.1 Å². The molecule has 1 saturated heterocycles. The summed E-state index contributed by atoms with van der Waals surface area (Å²) in [5.41, 5.74) is 3.39. The fourth-order valence-electron chi connectivity index (χ4n) is 4.86. The van der Waals surface area contributed by atoms with Crippen LogP contribution in [-0.4, -0.2) is 44.7 Å². The standard InChI is InChI=1S/C24H23Cl2N3O2/c1-24(2,3)28-12-20(30)29-19(23(28)31)11-15-14-6-4-5-7-18(14)27-21(15)22(29)13-8-9-16(25)17(26)10-13/h4-10,19,22,27H,11-12H2,1-3H3/t19-,22-/m0/s1. The molecule has 1 fully saturated rings. The van der Waals surface area contributed by atoms with Gasteiger partial charge in [-0.15, -0.1) is 0 Å². The summed E-state index contributed by atoms with van der Waals surface area (Å²) in [7, 11) is 0. The first kappa shape index (κ1) is 20.4. The van der Waals surface area contributed by atoms with Crippen LogP contribution in [0.3, 0.4) is 0 Å². The number of aromatic amines is 1. The largest absolute Gasteiger partial charge is 0.356 e. The van der Waals surface area contributed by atoms with Crippen molar-refractivity contribution in [2.45, 2.75) is 44.8 Å². The minimum atomic E-state index is -0.563. The van der Waals surface area contributed by atoms with Crippen LogP contribution in [0, 0.1) is 0 Å². The maximum atomic E-state index is 13.6. The normalized spacial score (nSPS) is 21.5. The zero-order valence-electron chi connectivity index (χ0n) is 17.6. The van der Waals surface area contributed by atoms with Crippen LogP contribution >= 0.6 is 23.2 Å². The summed E-state index contributed by atoms with van der Waals surface area (Å²) >= 11 is 12.5. The predicted octanol–water partition coefficient (Wildman–Crippen LogP) is 4.96. The number of halogens is 2. The van der Waals surface area contributed by atoms with Gasteiger partial charge in [-0.2, -0.15) is 0 Å². The molecule has 2 amide bonds. The summed E-state index contributed by atoms with van der Waals surface area (Å²) in [4.78, 5) is 34.0. The Morgan fingerprint density at radius 2 is 1.77 bits per heavy atom. The van der Waals surface area contributed by atoms with Crippen LogP contribution in [0.5, 0.6) is 0 Å². The number of nitrogens with one attached hydrogen (secondary N) is 1. The maximum absolute atomic E-state index is 13.6. The van der Waals surface area contributed by atoms with Crippen LogP contribution in [0.4, 0.5) is 0 Å². The van der Waals surface area contributed by atoms with E-state index in [0.29, 0.717) is 16.5 Å². The summed E-state index contributed by atoms with van der Waals surface area (Å²) in [6.07, 6.45) is 0.480. The quantitative estimate of drug-likeness (QED) is 0.563. The summed E-state index contributed by atoms with van der Waals surface area (Å²) < 4.78 is 0. The molecule has 7 heteroatoms. The van der Waals surface area contributed by atoms with E-state index in [1.54, 1.807) is 21.9 Å². The molecule has 0 aliphatic carbocycles. The highest BCUT2D eigenvalue weighted by Crippen LogP contribution is 2.44. The number of nitrogens with zero attached hydrogens (tertiary/aromatic N) is 2. The topological polar surface area (TPSA) is 56.4 Å². The third-order valence-corrected chi connectivity index (χ3v) is 7.07. The van der Waals surface area contributed by atoms with Gasteiger partial charge >= 0.3 is 0 Å². The van der Waals surface area contributed by atoms with E-state index in [4.69, 9.17) is 23.2 Å². The molecule has 2 atom stereocenters. The van der Waals surface area contributed by atoms with E-state index in [-0.39, 0.29) is 18.4 Å². The number of carbonyl (C=O) groups excluding carboxylic acids is 2. The molecule has 0 bridgehead atoms. The van der Waals surface area contributed by atoms with Crippen LogP contribution in [-0.2, 0) is 16.0 Å². The number of aromatic nitrogens is 1. The second-order valence-corrected chi connectivity index (χ2v) is 10.1. The molecule has 5 nitrogen and oxygen atoms in total. The van der Waals surface area contributed by atoms with Gasteiger partial charge in [0.05, 0.1) is 16.1 Å². The van der Waals surface area contributed by atoms with Crippen LogP contribution in [0.25, 0.3) is 10.9 Å². The summed E-state index contributed by atoms with van der Waals surface area (Å²) in [5.74, 6) is -0.0898. The Morgan fingerprint density at radius 1 is 1.03 bits per heavy atom. The van der Waals surface area contributed by atoms with Crippen molar-refractivity contribution in [1.29, 1.82) is 0 Å². The first-order valence-electron chi connectivity index (χ1n) is 10.3. The van der Waals surface area contributed by atoms with Gasteiger partial charge in [0.15, 0.2) is 0 Å². The molecule has 2 aliphatic heterocycles. The molecule has 0 unspecified atom stereocenters. The summed E-state index contributed by atoms with van der Waals surface area (Å²) in [5, 5.41) is 1.95. The molecule has 5 rings (SSSR count). The average molecular weight is 456 g/mol. The van der Waals surface area contributed by atoms with Crippen molar-refractivity contribution in [3.8, 4) is 0 Å². The number of para-hydroxylation sites is 1. The van der Waals surface area contributed by atoms with Crippen LogP contribution in [0.15, 0.2) is 42.5 Å². The molecular formula is C24H23Cl2N3O2. The van der Waals surface area contributed by atoms with E-state index in [2.05, 4.69) is 11.1 Å². The van der Waals surface area contributed by atoms with Crippen molar-refractivity contribution >= 4 is 45.9 Å². The highest BCUT2D eigenvalue weighted by atomic mass is 35.5. The minimum Gasteiger partial charge on any atom is -0.356 e. The van der Waals surface area contributed by atoms with Gasteiger partial charge in [0.25, 0.3) is 0 Å². The van der Waals surface area contributed by atoms with E-state index in [1.165, 1.54) is 0 Å². The molecule has 2 aromatic carbocycles. The zero-order valence-corrected chi connectivity index (χ0v) is 19.1. The van der Waals surface area contributed by atoms with Crippen molar-refractivity contribution in [3.63, 3.8) is 0 Å². The van der Waals surface area contributed by atoms with E-state index in [1.807, 2.05) is 45.0 Å². The number of carbonyl (C=O) groups is 2. The van der Waals surface area contributed by atoms with Crippen molar-refractivity contribution in [1.82, 2.24) is 14.8 Å². The molecule has 0 saturated carbocycles. The van der Waals surface area contributed by atoms with Crippen LogP contribution in [0.2, 0.25) is 10.0 Å². The highest BCUT2D eigenvalue weighted by molar-refractivity contribution is 6.42. The molecule has 2 aliphatic rings. The molecule has 3 aromatic rings. The molecule has 0 radical (unpaired) electrons. The van der Waals surface area contributed by atoms with E-state index in [9.17, 15) is 9.59 Å². The highest BCUT2D eigenvalue weighted by Gasteiger charge is 2.50. The van der Waals surface area contributed by atoms with Gasteiger partial charge < -0.3 is 14.8 Å². The van der Waals surface area contributed by atoms with Crippen molar-refractivity contribution in [2.75, 3.05) is 6.54 Å². The Morgan fingerprint density at radius 3 is 2.48 bits per heavy atom. The fraction of sp³-hybridized carbons (Fsp3) is 0.333. The summed E-state index contributed by atoms with van der Waals surface area (Å²) in [6, 6.07) is 12.5. The third-order valence-electron chi connectivity index (χ3n) is 6.33. The molecule has 1 N–H and O–H groups in total. The first-order valence-corrected chi connectivity index (χ1v) is 11.1. The Balaban J connectivity index is 1.73. The SMILES string of the molecule is CC(C)(C)N1CC(=O)N2[C@@H](c3ccc(Cl)c(Cl)c3)c3[nH]c4ccccc4c3C[C@H]2C1=O. The second kappa shape index (κ2) is 7.01. The number of rotatable bonds is 1. The van der Waals surface area contributed by atoms with Crippen molar-refractivity contribution in [3.05, 3.63) is 69.3 Å². The predicted molar refractivity (Wildman–Crippen MR) is 122 cm³/mol. The Kier molecular flexibility index (Phi) is 4.61. The van der Waals surface area contributed by atoms with Crippen LogP contribution < -0.4 is 0 Å². The Bertz CT molecular complexity index is 1230. The number of hydrogen-bond acceptors (Lipinski definition) is 2. The number of H-pyrrole nitrogens is 1. The van der Waals surface area contributed by atoms with Gasteiger partial charge in [-0.25, -0.2) is 0 Å². The second-order valence-electron chi connectivity index (χ2n) is 9.26. The number of hydrogen-bond donors (Lipinski definition) is 1. The lowest BCUT2D eigenvalue weighted by Crippen LogP contribution is -2.66. The minimum absolute atomic E-state index is 0.0203. The van der Waals surface area contributed by atoms with Crippen molar-refractivity contribution < 1.29 is 9.59 Å². The van der Waals surface area contributed by atoms with Crippen molar-refractivity contribution in [2.24, 2.45) is 0 Å². The van der Waals surface area contributed by atoms with Gasteiger partial charge in [0, 0.05) is 28.6 Å². The molecule has 1 aromatic heterocycles. The lowest BCUT2D eigenvalue weighted by molar-refractivity contribution is -0.163. The zero-order chi connectivity index (χ0) is 22.1. The first-order chi connectivity index (χ1) is 14.7. The van der Waals surface area contributed by atoms with E-state index in [0.717, 1.165) is 27.7 Å². The van der Waals surface area contributed by atoms with Crippen LogP contribution in [0.1, 0.15) is 43.6 Å². The van der Waals surface area contributed by atoms with Gasteiger partial charge in [-0.3, -0.25) is 9.59 Å². The maximum Gasteiger partial charge on any atom is 0.246 e. The molecule has 31 heavy (non-hydrogen) atoms. The number of fused-ring (bicyclic) bond motifs is 4. The van der Waals surface area contributed by atoms with Gasteiger partial charge in [0.1, 0.15) is 12.6 Å². The van der Waals surface area contributed by atoms with E-state index >= 15 is 0 Å². The molecule has 0 spiro atoms. The fourth-order valence-corrected chi connectivity index (χ4v) is 5.17. The Hall–Kier alpha value is -2.50. The van der Waals surface area contributed by atoms with E-state index < -0.39 is 17.6 Å². The average Bonchev–Trinajstić information content (AvgIpc) is 3.09. The molecular weight excluding hydrogens is 433 g/mol. The number of amides is 2. The number of benzene rings is 2. The number of piperazine rings is 1. The monoisotopic (exact) mass is 455 g/mol. The molecule has 160 valence electrons. The van der Waals surface area contributed by atoms with Gasteiger partial charge in [-0.1, -0.05) is 47.5 Å². The van der Waals surface area contributed by atoms with Gasteiger partial charge in [0.2, 0.25) is 11.8 Å². The molecule has 3 heterocycles.